The van der Waals surface area contributed by atoms with Gasteiger partial charge in [-0.2, -0.15) is 0 Å². The Hall–Kier alpha value is -1.24. The lowest BCUT2D eigenvalue weighted by atomic mass is 10.1. The van der Waals surface area contributed by atoms with E-state index < -0.39 is 0 Å². The van der Waals surface area contributed by atoms with Crippen LogP contribution >= 0.6 is 0 Å². The summed E-state index contributed by atoms with van der Waals surface area (Å²) in [7, 11) is 0. The van der Waals surface area contributed by atoms with Crippen LogP contribution < -0.4 is 4.74 Å². The van der Waals surface area contributed by atoms with Crippen LogP contribution in [0.2, 0.25) is 0 Å². The normalized spacial score (nSPS) is 9.27. The molecule has 0 aliphatic heterocycles. The summed E-state index contributed by atoms with van der Waals surface area (Å²) in [6.07, 6.45) is 1.45. The summed E-state index contributed by atoms with van der Waals surface area (Å²) >= 11 is 0. The largest absolute Gasteiger partial charge is 0.465 e. The van der Waals surface area contributed by atoms with Gasteiger partial charge in [0.2, 0.25) is 0 Å². The summed E-state index contributed by atoms with van der Waals surface area (Å²) in [6.45, 7) is 7.55. The summed E-state index contributed by atoms with van der Waals surface area (Å²) in [5.41, 5.74) is 2.34. The zero-order chi connectivity index (χ0) is 8.27. The Morgan fingerprint density at radius 3 is 2.73 bits per heavy atom. The van der Waals surface area contributed by atoms with Crippen LogP contribution in [0.4, 0.5) is 0 Å². The Labute approximate surface area is 67.3 Å². The third-order valence-electron chi connectivity index (χ3n) is 1.55. The predicted molar refractivity (Wildman–Crippen MR) is 46.7 cm³/mol. The van der Waals surface area contributed by atoms with Gasteiger partial charge in [0.1, 0.15) is 5.75 Å². The molecule has 11 heavy (non-hydrogen) atoms. The Morgan fingerprint density at radius 2 is 2.09 bits per heavy atom. The molecule has 0 bridgehead atoms. The molecule has 0 fully saturated rings. The van der Waals surface area contributed by atoms with Crippen LogP contribution in [0.1, 0.15) is 11.1 Å². The SMILES string of the molecule is C=COc1cc(C)ccc1C. The van der Waals surface area contributed by atoms with Crippen molar-refractivity contribution in [3.8, 4) is 5.75 Å². The summed E-state index contributed by atoms with van der Waals surface area (Å²) in [5.74, 6) is 0.889. The number of benzene rings is 1. The van der Waals surface area contributed by atoms with Gasteiger partial charge < -0.3 is 4.74 Å². The first-order valence-corrected chi connectivity index (χ1v) is 3.59. The lowest BCUT2D eigenvalue weighted by molar-refractivity contribution is 0.479. The van der Waals surface area contributed by atoms with Crippen molar-refractivity contribution in [2.24, 2.45) is 0 Å². The van der Waals surface area contributed by atoms with Crippen molar-refractivity contribution < 1.29 is 4.74 Å². The van der Waals surface area contributed by atoms with Crippen LogP contribution in [0.5, 0.6) is 5.75 Å². The Kier molecular flexibility index (Phi) is 2.32. The van der Waals surface area contributed by atoms with Gasteiger partial charge >= 0.3 is 0 Å². The number of hydrogen-bond acceptors (Lipinski definition) is 1. The van der Waals surface area contributed by atoms with Crippen molar-refractivity contribution >= 4 is 0 Å². The van der Waals surface area contributed by atoms with Crippen LogP contribution in [0.15, 0.2) is 31.0 Å². The van der Waals surface area contributed by atoms with Crippen LogP contribution in [0.3, 0.4) is 0 Å². The monoisotopic (exact) mass is 148 g/mol. The van der Waals surface area contributed by atoms with Gasteiger partial charge in [-0.3, -0.25) is 0 Å². The van der Waals surface area contributed by atoms with Crippen LogP contribution in [-0.4, -0.2) is 0 Å². The van der Waals surface area contributed by atoms with E-state index in [-0.39, 0.29) is 0 Å². The summed E-state index contributed by atoms with van der Waals surface area (Å²) < 4.78 is 5.18. The summed E-state index contributed by atoms with van der Waals surface area (Å²) in [5, 5.41) is 0. The van der Waals surface area contributed by atoms with Gasteiger partial charge in [-0.05, 0) is 31.0 Å². The van der Waals surface area contributed by atoms with Gasteiger partial charge in [0.15, 0.2) is 0 Å². The second-order valence-corrected chi connectivity index (χ2v) is 2.55. The molecular weight excluding hydrogens is 136 g/mol. The van der Waals surface area contributed by atoms with Crippen molar-refractivity contribution in [2.45, 2.75) is 13.8 Å². The Morgan fingerprint density at radius 1 is 1.36 bits per heavy atom. The van der Waals surface area contributed by atoms with E-state index in [1.165, 1.54) is 11.8 Å². The first-order valence-electron chi connectivity index (χ1n) is 3.59. The molecule has 0 spiro atoms. The molecule has 0 aromatic heterocycles. The quantitative estimate of drug-likeness (QED) is 0.586. The van der Waals surface area contributed by atoms with E-state index in [9.17, 15) is 0 Å². The zero-order valence-corrected chi connectivity index (χ0v) is 6.92. The summed E-state index contributed by atoms with van der Waals surface area (Å²) in [6, 6.07) is 6.09. The zero-order valence-electron chi connectivity index (χ0n) is 6.92. The standard InChI is InChI=1S/C10H12O/c1-4-11-10-7-8(2)5-6-9(10)3/h4-7H,1H2,2-3H3. The van der Waals surface area contributed by atoms with Crippen molar-refractivity contribution in [2.75, 3.05) is 0 Å². The maximum atomic E-state index is 5.18. The van der Waals surface area contributed by atoms with Crippen LogP contribution in [-0.2, 0) is 0 Å². The first-order chi connectivity index (χ1) is 5.24. The van der Waals surface area contributed by atoms with E-state index >= 15 is 0 Å². The Bertz CT molecular complexity index is 264. The maximum absolute atomic E-state index is 5.18. The lowest BCUT2D eigenvalue weighted by Crippen LogP contribution is -1.85. The van der Waals surface area contributed by atoms with Crippen molar-refractivity contribution in [1.29, 1.82) is 0 Å². The highest BCUT2D eigenvalue weighted by molar-refractivity contribution is 5.36. The fraction of sp³-hybridized carbons (Fsp3) is 0.200. The molecule has 0 saturated heterocycles. The van der Waals surface area contributed by atoms with Gasteiger partial charge in [0.05, 0.1) is 6.26 Å². The minimum absolute atomic E-state index is 0.889. The fourth-order valence-electron chi connectivity index (χ4n) is 0.924. The molecule has 0 saturated carbocycles. The number of hydrogen-bond donors (Lipinski definition) is 0. The summed E-state index contributed by atoms with van der Waals surface area (Å²) in [4.78, 5) is 0. The molecular formula is C10H12O. The van der Waals surface area contributed by atoms with Crippen molar-refractivity contribution in [3.63, 3.8) is 0 Å². The molecule has 0 radical (unpaired) electrons. The van der Waals surface area contributed by atoms with E-state index in [2.05, 4.69) is 12.6 Å². The molecule has 1 aromatic carbocycles. The van der Waals surface area contributed by atoms with Crippen LogP contribution in [0, 0.1) is 13.8 Å². The van der Waals surface area contributed by atoms with Gasteiger partial charge in [0.25, 0.3) is 0 Å². The lowest BCUT2D eigenvalue weighted by Gasteiger charge is -2.04. The molecule has 1 heteroatoms. The first kappa shape index (κ1) is 7.86. The smallest absolute Gasteiger partial charge is 0.129 e. The molecule has 1 aromatic rings. The Balaban J connectivity index is 3.01. The fourth-order valence-corrected chi connectivity index (χ4v) is 0.924. The van der Waals surface area contributed by atoms with Crippen LogP contribution in [0.25, 0.3) is 0 Å². The molecule has 0 N–H and O–H groups in total. The van der Waals surface area contributed by atoms with Gasteiger partial charge in [0, 0.05) is 0 Å². The molecule has 0 unspecified atom stereocenters. The molecule has 0 aliphatic rings. The molecule has 0 aliphatic carbocycles. The molecule has 0 amide bonds. The van der Waals surface area contributed by atoms with E-state index in [0.717, 1.165) is 11.3 Å². The number of ether oxygens (including phenoxy) is 1. The maximum Gasteiger partial charge on any atom is 0.129 e. The second-order valence-electron chi connectivity index (χ2n) is 2.55. The van der Waals surface area contributed by atoms with E-state index in [0.29, 0.717) is 0 Å². The van der Waals surface area contributed by atoms with Crippen molar-refractivity contribution in [3.05, 3.63) is 42.2 Å². The van der Waals surface area contributed by atoms with E-state index in [4.69, 9.17) is 4.74 Å². The van der Waals surface area contributed by atoms with E-state index in [1.54, 1.807) is 0 Å². The third kappa shape index (κ3) is 1.84. The van der Waals surface area contributed by atoms with Gasteiger partial charge in [-0.15, -0.1) is 0 Å². The third-order valence-corrected chi connectivity index (χ3v) is 1.55. The number of rotatable bonds is 2. The topological polar surface area (TPSA) is 9.23 Å². The van der Waals surface area contributed by atoms with Gasteiger partial charge in [-0.25, -0.2) is 0 Å². The molecule has 0 atom stereocenters. The molecule has 1 rings (SSSR count). The number of aryl methyl sites for hydroxylation is 2. The average Bonchev–Trinajstić information content (AvgIpc) is 1.98. The molecule has 1 nitrogen and oxygen atoms in total. The highest BCUT2D eigenvalue weighted by Gasteiger charge is 1.96. The molecule has 58 valence electrons. The highest BCUT2D eigenvalue weighted by atomic mass is 16.5. The van der Waals surface area contributed by atoms with Crippen molar-refractivity contribution in [1.82, 2.24) is 0 Å². The minimum Gasteiger partial charge on any atom is -0.465 e. The van der Waals surface area contributed by atoms with E-state index in [1.807, 2.05) is 26.0 Å². The predicted octanol–water partition coefficient (Wildman–Crippen LogP) is 2.83. The minimum atomic E-state index is 0.889. The average molecular weight is 148 g/mol. The highest BCUT2D eigenvalue weighted by Crippen LogP contribution is 2.18. The second kappa shape index (κ2) is 3.24. The van der Waals surface area contributed by atoms with Gasteiger partial charge in [-0.1, -0.05) is 18.7 Å². The molecule has 0 heterocycles.